The molecule has 3 aromatic heterocycles. The largest absolute Gasteiger partial charge is 0.480 e. The number of carbonyl (C=O) groups excluding carboxylic acids is 1. The third kappa shape index (κ3) is 4.23. The van der Waals surface area contributed by atoms with Crippen LogP contribution in [0.4, 0.5) is 10.1 Å². The fourth-order valence-corrected chi connectivity index (χ4v) is 5.58. The fourth-order valence-electron chi connectivity index (χ4n) is 5.58. The van der Waals surface area contributed by atoms with Crippen molar-refractivity contribution < 1.29 is 19.0 Å². The van der Waals surface area contributed by atoms with E-state index in [0.717, 1.165) is 5.69 Å². The molecule has 1 saturated heterocycles. The topological polar surface area (TPSA) is 122 Å². The van der Waals surface area contributed by atoms with Crippen molar-refractivity contribution in [2.24, 2.45) is 5.92 Å². The van der Waals surface area contributed by atoms with E-state index in [1.165, 1.54) is 12.3 Å². The lowest BCUT2D eigenvalue weighted by Crippen LogP contribution is -2.37. The van der Waals surface area contributed by atoms with Crippen LogP contribution in [0.1, 0.15) is 23.7 Å². The van der Waals surface area contributed by atoms with Gasteiger partial charge in [0.25, 0.3) is 11.5 Å². The Hall–Kier alpha value is -3.41. The van der Waals surface area contributed by atoms with Gasteiger partial charge in [0, 0.05) is 50.3 Å². The number of β-amino-alcohol motifs (C(OH)–C–C–N with tert-alkyl or cyclic N) is 1. The third-order valence-corrected chi connectivity index (χ3v) is 7.31. The number of nitrogens with zero attached hydrogens (tertiary/aromatic N) is 4. The first kappa shape index (κ1) is 23.0. The quantitative estimate of drug-likeness (QED) is 0.461. The first-order chi connectivity index (χ1) is 17.5. The first-order valence-electron chi connectivity index (χ1n) is 12.2. The molecule has 3 aliphatic heterocycles. The van der Waals surface area contributed by atoms with E-state index >= 15 is 0 Å². The molecular formula is C25H27FN6O4. The highest BCUT2D eigenvalue weighted by atomic mass is 19.1. The predicted molar refractivity (Wildman–Crippen MR) is 129 cm³/mol. The van der Waals surface area contributed by atoms with Gasteiger partial charge in [-0.25, -0.2) is 4.39 Å². The number of likely N-dealkylation sites (tertiary alicyclic amines) is 1. The molecule has 1 amide bonds. The summed E-state index contributed by atoms with van der Waals surface area (Å²) in [6.07, 6.45) is 3.55. The third-order valence-electron chi connectivity index (χ3n) is 7.31. The minimum atomic E-state index is -0.496. The molecule has 0 spiro atoms. The van der Waals surface area contributed by atoms with Gasteiger partial charge in [-0.3, -0.25) is 24.5 Å². The maximum Gasteiger partial charge on any atom is 0.262 e. The number of halogens is 1. The van der Waals surface area contributed by atoms with Crippen LogP contribution in [0, 0.1) is 11.7 Å². The van der Waals surface area contributed by atoms with Crippen molar-refractivity contribution in [3.8, 4) is 5.75 Å². The molecule has 0 aliphatic carbocycles. The second-order valence-electron chi connectivity index (χ2n) is 9.74. The molecule has 188 valence electrons. The van der Waals surface area contributed by atoms with Crippen LogP contribution in [0.15, 0.2) is 35.4 Å². The summed E-state index contributed by atoms with van der Waals surface area (Å²) in [5.41, 5.74) is 2.99. The molecular weight excluding hydrogens is 467 g/mol. The van der Waals surface area contributed by atoms with Crippen molar-refractivity contribution in [2.45, 2.75) is 31.5 Å². The summed E-state index contributed by atoms with van der Waals surface area (Å²) in [5, 5.41) is 16.8. The van der Waals surface area contributed by atoms with Gasteiger partial charge < -0.3 is 25.0 Å². The number of pyridine rings is 3. The fraction of sp³-hybridized carbons (Fsp3) is 0.440. The van der Waals surface area contributed by atoms with Crippen molar-refractivity contribution in [3.05, 3.63) is 58.0 Å². The number of carbonyl (C=O) groups is 1. The molecule has 0 saturated carbocycles. The molecule has 0 aromatic carbocycles. The highest BCUT2D eigenvalue weighted by Gasteiger charge is 2.34. The Balaban J connectivity index is 1.09. The lowest BCUT2D eigenvalue weighted by molar-refractivity contribution is -0.118. The maximum atomic E-state index is 14.4. The van der Waals surface area contributed by atoms with E-state index in [9.17, 15) is 19.1 Å². The number of anilines is 1. The van der Waals surface area contributed by atoms with Crippen LogP contribution >= 0.6 is 0 Å². The molecule has 3 aromatic rings. The van der Waals surface area contributed by atoms with Crippen molar-refractivity contribution in [3.63, 3.8) is 0 Å². The Labute approximate surface area is 206 Å². The van der Waals surface area contributed by atoms with Crippen LogP contribution in [-0.2, 0) is 17.8 Å². The molecule has 11 heteroatoms. The van der Waals surface area contributed by atoms with Crippen molar-refractivity contribution in [2.75, 3.05) is 38.1 Å². The van der Waals surface area contributed by atoms with E-state index in [1.807, 2.05) is 0 Å². The number of hydrogen-bond acceptors (Lipinski definition) is 8. The van der Waals surface area contributed by atoms with E-state index in [1.54, 1.807) is 22.9 Å². The van der Waals surface area contributed by atoms with Crippen LogP contribution in [0.3, 0.4) is 0 Å². The Kier molecular flexibility index (Phi) is 5.90. The summed E-state index contributed by atoms with van der Waals surface area (Å²) < 4.78 is 21.4. The first-order valence-corrected chi connectivity index (χ1v) is 12.2. The van der Waals surface area contributed by atoms with Crippen LogP contribution in [-0.4, -0.2) is 69.3 Å². The molecule has 0 bridgehead atoms. The summed E-state index contributed by atoms with van der Waals surface area (Å²) in [6.45, 7) is 2.88. The van der Waals surface area contributed by atoms with Gasteiger partial charge in [-0.05, 0) is 25.0 Å². The van der Waals surface area contributed by atoms with Crippen molar-refractivity contribution >= 4 is 22.6 Å². The monoisotopic (exact) mass is 494 g/mol. The van der Waals surface area contributed by atoms with Gasteiger partial charge in [-0.15, -0.1) is 0 Å². The molecule has 3 N–H and O–H groups in total. The second-order valence-corrected chi connectivity index (χ2v) is 9.74. The summed E-state index contributed by atoms with van der Waals surface area (Å²) in [6, 6.07) is 4.83. The predicted octanol–water partition coefficient (Wildman–Crippen LogP) is 0.831. The minimum absolute atomic E-state index is 0.00667. The van der Waals surface area contributed by atoms with Gasteiger partial charge in [0.1, 0.15) is 5.82 Å². The number of amides is 1. The number of aromatic nitrogens is 3. The molecule has 6 rings (SSSR count). The van der Waals surface area contributed by atoms with Crippen LogP contribution in [0.5, 0.6) is 5.75 Å². The van der Waals surface area contributed by atoms with Crippen molar-refractivity contribution in [1.29, 1.82) is 0 Å². The van der Waals surface area contributed by atoms with Gasteiger partial charge in [0.2, 0.25) is 0 Å². The second kappa shape index (κ2) is 9.23. The molecule has 1 fully saturated rings. The molecule has 3 atom stereocenters. The molecule has 0 radical (unpaired) electrons. The number of aryl methyl sites for hydroxylation is 1. The maximum absolute atomic E-state index is 14.4. The Morgan fingerprint density at radius 1 is 1.22 bits per heavy atom. The Bertz CT molecular complexity index is 1390. The SMILES string of the molecule is O=C1COc2cnc(CNC[C@H]3CN(CC4CCc5c(F)cnc6ccc(=O)n4c56)C[C@H]3O)cc2N1. The Morgan fingerprint density at radius 2 is 2.11 bits per heavy atom. The highest BCUT2D eigenvalue weighted by molar-refractivity contribution is 5.95. The molecule has 1 unspecified atom stereocenters. The van der Waals surface area contributed by atoms with Gasteiger partial charge in [0.05, 0.1) is 47.0 Å². The zero-order valence-corrected chi connectivity index (χ0v) is 19.6. The standard InChI is InChI=1S/C25H27FN6O4/c26-18-8-29-19-3-4-24(35)32-16(1-2-17(18)25(19)32)11-31-10-14(21(33)12-31)6-27-7-15-5-20-22(9-28-15)36-13-23(34)30-20/h3-5,8-9,14,16,21,27,33H,1-2,6-7,10-13H2,(H,30,34)/t14-,16?,21+/m0/s1. The van der Waals surface area contributed by atoms with E-state index in [0.29, 0.717) is 73.6 Å². The van der Waals surface area contributed by atoms with Crippen LogP contribution in [0.25, 0.3) is 11.0 Å². The van der Waals surface area contributed by atoms with Gasteiger partial charge in [0.15, 0.2) is 12.4 Å². The summed E-state index contributed by atoms with van der Waals surface area (Å²) in [7, 11) is 0. The van der Waals surface area contributed by atoms with E-state index < -0.39 is 6.10 Å². The van der Waals surface area contributed by atoms with E-state index in [2.05, 4.69) is 25.5 Å². The van der Waals surface area contributed by atoms with Crippen molar-refractivity contribution in [1.82, 2.24) is 24.8 Å². The van der Waals surface area contributed by atoms with Gasteiger partial charge >= 0.3 is 0 Å². The highest BCUT2D eigenvalue weighted by Crippen LogP contribution is 2.32. The van der Waals surface area contributed by atoms with Gasteiger partial charge in [-0.1, -0.05) is 0 Å². The molecule has 3 aliphatic rings. The zero-order valence-electron chi connectivity index (χ0n) is 19.6. The number of rotatable bonds is 6. The average Bonchev–Trinajstić information content (AvgIpc) is 3.21. The smallest absolute Gasteiger partial charge is 0.262 e. The number of ether oxygens (including phenoxy) is 1. The molecule has 36 heavy (non-hydrogen) atoms. The molecule has 10 nitrogen and oxygen atoms in total. The van der Waals surface area contributed by atoms with Crippen LogP contribution in [0.2, 0.25) is 0 Å². The number of fused-ring (bicyclic) bond motifs is 1. The van der Waals surface area contributed by atoms with Gasteiger partial charge in [-0.2, -0.15) is 0 Å². The summed E-state index contributed by atoms with van der Waals surface area (Å²) >= 11 is 0. The zero-order chi connectivity index (χ0) is 24.8. The number of nitrogens with one attached hydrogen (secondary N) is 2. The van der Waals surface area contributed by atoms with E-state index in [-0.39, 0.29) is 35.9 Å². The van der Waals surface area contributed by atoms with Crippen LogP contribution < -0.4 is 20.9 Å². The Morgan fingerprint density at radius 3 is 3.00 bits per heavy atom. The summed E-state index contributed by atoms with van der Waals surface area (Å²) in [4.78, 5) is 35.0. The molecule has 6 heterocycles. The number of aliphatic hydroxyl groups is 1. The number of aliphatic hydroxyl groups excluding tert-OH is 1. The van der Waals surface area contributed by atoms with E-state index in [4.69, 9.17) is 4.74 Å². The lowest BCUT2D eigenvalue weighted by Gasteiger charge is -2.31. The number of hydrogen-bond donors (Lipinski definition) is 3. The lowest BCUT2D eigenvalue weighted by atomic mass is 9.97. The summed E-state index contributed by atoms with van der Waals surface area (Å²) in [5.74, 6) is 0.0153. The average molecular weight is 495 g/mol. The minimum Gasteiger partial charge on any atom is -0.480 e. The normalized spacial score (nSPS) is 23.4.